The van der Waals surface area contributed by atoms with Crippen molar-refractivity contribution in [3.8, 4) is 5.75 Å². The Bertz CT molecular complexity index is 979. The highest BCUT2D eigenvalue weighted by Gasteiger charge is 2.20. The highest BCUT2D eigenvalue weighted by Crippen LogP contribution is 2.18. The molecule has 0 atom stereocenters. The van der Waals surface area contributed by atoms with Gasteiger partial charge in [0.25, 0.3) is 5.91 Å². The number of carbonyl (C=O) groups excluding carboxylic acids is 1. The zero-order chi connectivity index (χ0) is 20.9. The third-order valence-corrected chi connectivity index (χ3v) is 5.80. The molecule has 1 aromatic carbocycles. The lowest BCUT2D eigenvalue weighted by Crippen LogP contribution is -2.45. The van der Waals surface area contributed by atoms with Crippen molar-refractivity contribution in [2.45, 2.75) is 20.0 Å². The average molecular weight is 429 g/mol. The van der Waals surface area contributed by atoms with E-state index >= 15 is 0 Å². The molecular formula is C20H24N6O3S. The van der Waals surface area contributed by atoms with Gasteiger partial charge >= 0.3 is 0 Å². The molecule has 0 aliphatic carbocycles. The highest BCUT2D eigenvalue weighted by atomic mass is 32.1. The predicted molar refractivity (Wildman–Crippen MR) is 113 cm³/mol. The summed E-state index contributed by atoms with van der Waals surface area (Å²) in [7, 11) is 1.60. The first-order valence-electron chi connectivity index (χ1n) is 9.74. The molecule has 1 saturated heterocycles. The van der Waals surface area contributed by atoms with Gasteiger partial charge in [-0.3, -0.25) is 14.6 Å². The normalized spacial score (nSPS) is 15.3. The van der Waals surface area contributed by atoms with E-state index in [0.717, 1.165) is 54.9 Å². The van der Waals surface area contributed by atoms with Crippen LogP contribution >= 0.6 is 11.3 Å². The van der Waals surface area contributed by atoms with Crippen LogP contribution < -0.4 is 10.1 Å². The van der Waals surface area contributed by atoms with Gasteiger partial charge in [-0.2, -0.15) is 0 Å². The minimum atomic E-state index is -0.253. The summed E-state index contributed by atoms with van der Waals surface area (Å²) in [5.41, 5.74) is 1.66. The molecule has 1 fully saturated rings. The van der Waals surface area contributed by atoms with Crippen LogP contribution in [0, 0.1) is 6.92 Å². The SMILES string of the molecule is COc1ccc(NC(=O)c2nnc(CN3CCN(Cc4cc(C)on4)CC3)s2)cc1. The molecule has 0 radical (unpaired) electrons. The van der Waals surface area contributed by atoms with Gasteiger partial charge < -0.3 is 14.6 Å². The van der Waals surface area contributed by atoms with Crippen LogP contribution in [0.15, 0.2) is 34.9 Å². The van der Waals surface area contributed by atoms with E-state index in [1.54, 1.807) is 31.4 Å². The molecule has 2 aromatic heterocycles. The minimum absolute atomic E-state index is 0.253. The summed E-state index contributed by atoms with van der Waals surface area (Å²) in [6, 6.07) is 9.15. The molecule has 0 saturated carbocycles. The highest BCUT2D eigenvalue weighted by molar-refractivity contribution is 7.13. The van der Waals surface area contributed by atoms with Gasteiger partial charge in [0.15, 0.2) is 0 Å². The Morgan fingerprint density at radius 2 is 1.83 bits per heavy atom. The van der Waals surface area contributed by atoms with Crippen LogP contribution in [0.4, 0.5) is 5.69 Å². The maximum Gasteiger partial charge on any atom is 0.286 e. The summed E-state index contributed by atoms with van der Waals surface area (Å²) >= 11 is 1.33. The maximum atomic E-state index is 12.4. The Morgan fingerprint density at radius 3 is 2.47 bits per heavy atom. The van der Waals surface area contributed by atoms with Gasteiger partial charge in [0.2, 0.25) is 5.01 Å². The first-order chi connectivity index (χ1) is 14.6. The lowest BCUT2D eigenvalue weighted by molar-refractivity contribution is 0.102. The summed E-state index contributed by atoms with van der Waals surface area (Å²) < 4.78 is 10.3. The lowest BCUT2D eigenvalue weighted by atomic mass is 10.3. The summed E-state index contributed by atoms with van der Waals surface area (Å²) in [4.78, 5) is 17.1. The van der Waals surface area contributed by atoms with E-state index in [2.05, 4.69) is 30.5 Å². The van der Waals surface area contributed by atoms with Crippen LogP contribution in [0.3, 0.4) is 0 Å². The van der Waals surface area contributed by atoms with E-state index in [4.69, 9.17) is 9.26 Å². The number of anilines is 1. The molecule has 9 nitrogen and oxygen atoms in total. The fourth-order valence-corrected chi connectivity index (χ4v) is 4.06. The number of hydrogen-bond acceptors (Lipinski definition) is 9. The van der Waals surface area contributed by atoms with E-state index in [9.17, 15) is 4.79 Å². The smallest absolute Gasteiger partial charge is 0.286 e. The third-order valence-electron chi connectivity index (χ3n) is 4.90. The van der Waals surface area contributed by atoms with Crippen LogP contribution in [0.25, 0.3) is 0 Å². The number of piperazine rings is 1. The van der Waals surface area contributed by atoms with Crippen molar-refractivity contribution in [2.75, 3.05) is 38.6 Å². The van der Waals surface area contributed by atoms with E-state index in [1.807, 2.05) is 13.0 Å². The second-order valence-electron chi connectivity index (χ2n) is 7.16. The number of amides is 1. The fourth-order valence-electron chi connectivity index (χ4n) is 3.29. The molecule has 1 N–H and O–H groups in total. The van der Waals surface area contributed by atoms with Gasteiger partial charge in [0.1, 0.15) is 16.5 Å². The molecular weight excluding hydrogens is 404 g/mol. The number of hydrogen-bond donors (Lipinski definition) is 1. The van der Waals surface area contributed by atoms with Gasteiger partial charge in [-0.25, -0.2) is 0 Å². The number of ether oxygens (including phenoxy) is 1. The van der Waals surface area contributed by atoms with Crippen molar-refractivity contribution in [3.05, 3.63) is 51.8 Å². The van der Waals surface area contributed by atoms with E-state index in [1.165, 1.54) is 11.3 Å². The van der Waals surface area contributed by atoms with Gasteiger partial charge in [0.05, 0.1) is 19.3 Å². The van der Waals surface area contributed by atoms with E-state index < -0.39 is 0 Å². The van der Waals surface area contributed by atoms with Crippen LogP contribution in [0.2, 0.25) is 0 Å². The summed E-state index contributed by atoms with van der Waals surface area (Å²) in [6.45, 7) is 7.19. The lowest BCUT2D eigenvalue weighted by Gasteiger charge is -2.33. The topological polar surface area (TPSA) is 96.6 Å². The summed E-state index contributed by atoms with van der Waals surface area (Å²) in [5, 5.41) is 16.4. The monoisotopic (exact) mass is 428 g/mol. The van der Waals surface area contributed by atoms with Crippen molar-refractivity contribution >= 4 is 22.9 Å². The molecule has 10 heteroatoms. The number of nitrogens with one attached hydrogen (secondary N) is 1. The van der Waals surface area contributed by atoms with Gasteiger partial charge in [-0.05, 0) is 31.2 Å². The Labute approximate surface area is 178 Å². The zero-order valence-electron chi connectivity index (χ0n) is 17.0. The number of aromatic nitrogens is 3. The number of aryl methyl sites for hydroxylation is 1. The van der Waals surface area contributed by atoms with Crippen molar-refractivity contribution in [1.82, 2.24) is 25.2 Å². The Morgan fingerprint density at radius 1 is 1.13 bits per heavy atom. The number of nitrogens with zero attached hydrogens (tertiary/aromatic N) is 5. The van der Waals surface area contributed by atoms with E-state index in [0.29, 0.717) is 17.2 Å². The second kappa shape index (κ2) is 9.33. The van der Waals surface area contributed by atoms with Gasteiger partial charge in [-0.15, -0.1) is 10.2 Å². The molecule has 158 valence electrons. The zero-order valence-corrected chi connectivity index (χ0v) is 17.8. The number of methoxy groups -OCH3 is 1. The van der Waals surface area contributed by atoms with E-state index in [-0.39, 0.29) is 5.91 Å². The quantitative estimate of drug-likeness (QED) is 0.613. The van der Waals surface area contributed by atoms with Gasteiger partial charge in [-0.1, -0.05) is 16.5 Å². The molecule has 0 unspecified atom stereocenters. The molecule has 4 rings (SSSR count). The Hall–Kier alpha value is -2.82. The second-order valence-corrected chi connectivity index (χ2v) is 8.23. The predicted octanol–water partition coefficient (Wildman–Crippen LogP) is 2.41. The van der Waals surface area contributed by atoms with Crippen LogP contribution in [0.1, 0.15) is 26.3 Å². The largest absolute Gasteiger partial charge is 0.497 e. The Balaban J connectivity index is 1.25. The van der Waals surface area contributed by atoms with Crippen molar-refractivity contribution in [2.24, 2.45) is 0 Å². The molecule has 3 aromatic rings. The fraction of sp³-hybridized carbons (Fsp3) is 0.400. The minimum Gasteiger partial charge on any atom is -0.497 e. The maximum absolute atomic E-state index is 12.4. The molecule has 3 heterocycles. The molecule has 0 bridgehead atoms. The van der Waals surface area contributed by atoms with Crippen molar-refractivity contribution in [1.29, 1.82) is 0 Å². The standard InChI is InChI=1S/C20H24N6O3S/c1-14-11-16(24-29-14)12-25-7-9-26(10-8-25)13-18-22-23-20(30-18)19(27)21-15-3-5-17(28-2)6-4-15/h3-6,11H,7-10,12-13H2,1-2H3,(H,21,27). The van der Waals surface area contributed by atoms with Crippen LogP contribution in [-0.2, 0) is 13.1 Å². The average Bonchev–Trinajstić information content (AvgIpc) is 3.39. The molecule has 30 heavy (non-hydrogen) atoms. The number of rotatable bonds is 7. The molecule has 0 spiro atoms. The van der Waals surface area contributed by atoms with Crippen molar-refractivity contribution in [3.63, 3.8) is 0 Å². The van der Waals surface area contributed by atoms with Crippen LogP contribution in [0.5, 0.6) is 5.75 Å². The summed E-state index contributed by atoms with van der Waals surface area (Å²) in [6.07, 6.45) is 0. The molecule has 1 aliphatic heterocycles. The number of benzene rings is 1. The van der Waals surface area contributed by atoms with Crippen LogP contribution in [-0.4, -0.2) is 64.3 Å². The third kappa shape index (κ3) is 5.21. The Kier molecular flexibility index (Phi) is 6.36. The first-order valence-corrected chi connectivity index (χ1v) is 10.6. The molecule has 1 amide bonds. The summed E-state index contributed by atoms with van der Waals surface area (Å²) in [5.74, 6) is 1.32. The molecule has 1 aliphatic rings. The van der Waals surface area contributed by atoms with Gasteiger partial charge in [0, 0.05) is 44.5 Å². The van der Waals surface area contributed by atoms with Crippen molar-refractivity contribution < 1.29 is 14.1 Å². The first kappa shape index (κ1) is 20.5. The number of carbonyl (C=O) groups is 1.